The van der Waals surface area contributed by atoms with E-state index >= 15 is 0 Å². The number of allylic oxidation sites excluding steroid dienone is 1. The molecule has 0 spiro atoms. The van der Waals surface area contributed by atoms with E-state index in [0.717, 1.165) is 5.56 Å². The van der Waals surface area contributed by atoms with E-state index in [4.69, 9.17) is 9.47 Å². The average molecular weight is 234 g/mol. The third-order valence-electron chi connectivity index (χ3n) is 1.98. The smallest absolute Gasteiger partial charge is 0.435 e. The third-order valence-corrected chi connectivity index (χ3v) is 1.98. The van der Waals surface area contributed by atoms with Crippen molar-refractivity contribution in [1.29, 1.82) is 0 Å². The van der Waals surface area contributed by atoms with Gasteiger partial charge in [-0.1, -0.05) is 30.3 Å². The van der Waals surface area contributed by atoms with Gasteiger partial charge in [0.15, 0.2) is 0 Å². The summed E-state index contributed by atoms with van der Waals surface area (Å²) in [4.78, 5) is 21.5. The van der Waals surface area contributed by atoms with Crippen LogP contribution in [0.3, 0.4) is 0 Å². The second-order valence-corrected chi connectivity index (χ2v) is 3.15. The van der Waals surface area contributed by atoms with Gasteiger partial charge < -0.3 is 9.47 Å². The first-order valence-electron chi connectivity index (χ1n) is 5.28. The molecule has 0 saturated heterocycles. The number of hydrogen-bond acceptors (Lipinski definition) is 4. The van der Waals surface area contributed by atoms with Gasteiger partial charge >= 0.3 is 6.16 Å². The SMILES string of the molecule is CCOC(=O)OC(/C=C/C=O)c1ccccc1. The van der Waals surface area contributed by atoms with Gasteiger partial charge in [-0.2, -0.15) is 0 Å². The van der Waals surface area contributed by atoms with E-state index in [-0.39, 0.29) is 6.61 Å². The molecule has 0 N–H and O–H groups in total. The lowest BCUT2D eigenvalue weighted by molar-refractivity contribution is -0.104. The van der Waals surface area contributed by atoms with Crippen LogP contribution in [0.25, 0.3) is 0 Å². The first-order valence-corrected chi connectivity index (χ1v) is 5.28. The molecule has 1 unspecified atom stereocenters. The summed E-state index contributed by atoms with van der Waals surface area (Å²) in [5.74, 6) is 0. The number of benzene rings is 1. The normalized spacial score (nSPS) is 12.1. The average Bonchev–Trinajstić information content (AvgIpc) is 2.36. The Morgan fingerprint density at radius 2 is 2.06 bits per heavy atom. The second-order valence-electron chi connectivity index (χ2n) is 3.15. The standard InChI is InChI=1S/C13H14O4/c1-2-16-13(15)17-12(9-6-10-14)11-7-4-3-5-8-11/h3-10,12H,2H2,1H3/b9-6+. The first kappa shape index (κ1) is 13.0. The number of carbonyl (C=O) groups is 2. The predicted octanol–water partition coefficient (Wildman–Crippen LogP) is 2.66. The summed E-state index contributed by atoms with van der Waals surface area (Å²) in [7, 11) is 0. The lowest BCUT2D eigenvalue weighted by Crippen LogP contribution is -2.11. The fourth-order valence-corrected chi connectivity index (χ4v) is 1.26. The monoisotopic (exact) mass is 234 g/mol. The van der Waals surface area contributed by atoms with E-state index in [0.29, 0.717) is 6.29 Å². The highest BCUT2D eigenvalue weighted by Crippen LogP contribution is 2.19. The number of carbonyl (C=O) groups excluding carboxylic acids is 2. The molecule has 0 saturated carbocycles. The summed E-state index contributed by atoms with van der Waals surface area (Å²) in [6.45, 7) is 1.94. The number of hydrogen-bond donors (Lipinski definition) is 0. The van der Waals surface area contributed by atoms with Gasteiger partial charge in [0.2, 0.25) is 0 Å². The van der Waals surface area contributed by atoms with E-state index in [1.807, 2.05) is 18.2 Å². The molecule has 4 nitrogen and oxygen atoms in total. The van der Waals surface area contributed by atoms with E-state index in [1.165, 1.54) is 12.2 Å². The summed E-state index contributed by atoms with van der Waals surface area (Å²) >= 11 is 0. The van der Waals surface area contributed by atoms with Crippen LogP contribution in [0.4, 0.5) is 4.79 Å². The largest absolute Gasteiger partial charge is 0.509 e. The maximum absolute atomic E-state index is 11.2. The number of ether oxygens (including phenoxy) is 2. The van der Waals surface area contributed by atoms with Crippen molar-refractivity contribution in [3.05, 3.63) is 48.0 Å². The molecule has 17 heavy (non-hydrogen) atoms. The van der Waals surface area contributed by atoms with Gasteiger partial charge in [-0.25, -0.2) is 4.79 Å². The topological polar surface area (TPSA) is 52.6 Å². The van der Waals surface area contributed by atoms with Crippen LogP contribution in [0.5, 0.6) is 0 Å². The fraction of sp³-hybridized carbons (Fsp3) is 0.231. The highest BCUT2D eigenvalue weighted by Gasteiger charge is 2.13. The molecule has 0 fully saturated rings. The van der Waals surface area contributed by atoms with Crippen molar-refractivity contribution in [3.63, 3.8) is 0 Å². The Balaban J connectivity index is 2.77. The van der Waals surface area contributed by atoms with E-state index in [2.05, 4.69) is 0 Å². The summed E-state index contributed by atoms with van der Waals surface area (Å²) in [5, 5.41) is 0. The lowest BCUT2D eigenvalue weighted by Gasteiger charge is -2.13. The highest BCUT2D eigenvalue weighted by atomic mass is 16.7. The molecular formula is C13H14O4. The van der Waals surface area contributed by atoms with E-state index in [9.17, 15) is 9.59 Å². The Kier molecular flexibility index (Phi) is 5.51. The van der Waals surface area contributed by atoms with Crippen LogP contribution in [-0.4, -0.2) is 19.0 Å². The first-order chi connectivity index (χ1) is 8.27. The summed E-state index contributed by atoms with van der Waals surface area (Å²) in [5.41, 5.74) is 0.777. The van der Waals surface area contributed by atoms with Crippen LogP contribution in [0.2, 0.25) is 0 Å². The Morgan fingerprint density at radius 3 is 2.65 bits per heavy atom. The number of aldehydes is 1. The maximum atomic E-state index is 11.2. The van der Waals surface area contributed by atoms with Crippen LogP contribution in [0.1, 0.15) is 18.6 Å². The van der Waals surface area contributed by atoms with E-state index < -0.39 is 12.3 Å². The zero-order valence-electron chi connectivity index (χ0n) is 9.54. The Labute approximate surface area is 99.8 Å². The molecule has 0 amide bonds. The lowest BCUT2D eigenvalue weighted by atomic mass is 10.1. The van der Waals surface area contributed by atoms with Gasteiger partial charge in [0.25, 0.3) is 0 Å². The van der Waals surface area contributed by atoms with E-state index in [1.54, 1.807) is 19.1 Å². The molecule has 0 aromatic heterocycles. The molecule has 0 heterocycles. The predicted molar refractivity (Wildman–Crippen MR) is 62.5 cm³/mol. The Hall–Kier alpha value is -2.10. The van der Waals surface area contributed by atoms with Crippen molar-refractivity contribution in [2.75, 3.05) is 6.61 Å². The molecule has 1 aromatic carbocycles. The van der Waals surface area contributed by atoms with Crippen molar-refractivity contribution in [2.45, 2.75) is 13.0 Å². The summed E-state index contributed by atoms with van der Waals surface area (Å²) in [6.07, 6.45) is 2.05. The maximum Gasteiger partial charge on any atom is 0.509 e. The summed E-state index contributed by atoms with van der Waals surface area (Å²) < 4.78 is 9.76. The molecule has 0 bridgehead atoms. The molecule has 4 heteroatoms. The number of rotatable bonds is 5. The summed E-state index contributed by atoms with van der Waals surface area (Å²) in [6, 6.07) is 9.11. The van der Waals surface area contributed by atoms with Crippen molar-refractivity contribution in [1.82, 2.24) is 0 Å². The van der Waals surface area contributed by atoms with Gasteiger partial charge in [-0.05, 0) is 24.6 Å². The molecule has 1 rings (SSSR count). The van der Waals surface area contributed by atoms with Crippen LogP contribution < -0.4 is 0 Å². The minimum atomic E-state index is -0.753. The van der Waals surface area contributed by atoms with Gasteiger partial charge in [0.05, 0.1) is 6.61 Å². The molecule has 0 aliphatic carbocycles. The molecule has 0 aliphatic rings. The molecule has 0 radical (unpaired) electrons. The molecule has 1 atom stereocenters. The minimum absolute atomic E-state index is 0.248. The van der Waals surface area contributed by atoms with Crippen molar-refractivity contribution in [3.8, 4) is 0 Å². The van der Waals surface area contributed by atoms with Crippen LogP contribution in [0.15, 0.2) is 42.5 Å². The quantitative estimate of drug-likeness (QED) is 0.446. The fourth-order valence-electron chi connectivity index (χ4n) is 1.26. The molecule has 0 aliphatic heterocycles. The van der Waals surface area contributed by atoms with Crippen LogP contribution >= 0.6 is 0 Å². The molecule has 1 aromatic rings. The van der Waals surface area contributed by atoms with Crippen LogP contribution in [0, 0.1) is 0 Å². The Bertz CT molecular complexity index is 384. The van der Waals surface area contributed by atoms with Crippen molar-refractivity contribution in [2.24, 2.45) is 0 Å². The molecular weight excluding hydrogens is 220 g/mol. The highest BCUT2D eigenvalue weighted by molar-refractivity contribution is 5.65. The molecule has 90 valence electrons. The second kappa shape index (κ2) is 7.22. The zero-order chi connectivity index (χ0) is 12.5. The minimum Gasteiger partial charge on any atom is -0.435 e. The zero-order valence-corrected chi connectivity index (χ0v) is 9.54. The van der Waals surface area contributed by atoms with Gasteiger partial charge in [0, 0.05) is 0 Å². The van der Waals surface area contributed by atoms with Gasteiger partial charge in [-0.3, -0.25) is 4.79 Å². The van der Waals surface area contributed by atoms with Gasteiger partial charge in [-0.15, -0.1) is 0 Å². The Morgan fingerprint density at radius 1 is 1.35 bits per heavy atom. The van der Waals surface area contributed by atoms with Crippen molar-refractivity contribution >= 4 is 12.4 Å². The third kappa shape index (κ3) is 4.51. The van der Waals surface area contributed by atoms with Crippen LogP contribution in [-0.2, 0) is 14.3 Å². The van der Waals surface area contributed by atoms with Gasteiger partial charge in [0.1, 0.15) is 12.4 Å². The van der Waals surface area contributed by atoms with Crippen molar-refractivity contribution < 1.29 is 19.1 Å².